The molecule has 0 aliphatic carbocycles. The molecule has 3 aromatic carbocycles. The average molecular weight is 458 g/mol. The highest BCUT2D eigenvalue weighted by Crippen LogP contribution is 2.17. The second-order valence-corrected chi connectivity index (χ2v) is 8.04. The molecule has 1 aliphatic rings. The van der Waals surface area contributed by atoms with E-state index in [9.17, 15) is 14.4 Å². The summed E-state index contributed by atoms with van der Waals surface area (Å²) in [6, 6.07) is 23.7. The van der Waals surface area contributed by atoms with Crippen LogP contribution in [-0.4, -0.2) is 48.9 Å². The van der Waals surface area contributed by atoms with E-state index in [1.165, 1.54) is 0 Å². The highest BCUT2D eigenvalue weighted by molar-refractivity contribution is 6.12. The molecule has 1 heterocycles. The van der Waals surface area contributed by atoms with Crippen LogP contribution in [0.4, 0.5) is 5.69 Å². The van der Waals surface area contributed by atoms with Crippen LogP contribution in [0.3, 0.4) is 0 Å². The Bertz CT molecular complexity index is 1140. The largest absolute Gasteiger partial charge is 0.378 e. The summed E-state index contributed by atoms with van der Waals surface area (Å²) in [5.74, 6) is -0.604. The molecule has 34 heavy (non-hydrogen) atoms. The topological polar surface area (TPSA) is 87.7 Å². The molecule has 3 aromatic rings. The van der Waals surface area contributed by atoms with Crippen molar-refractivity contribution in [1.29, 1.82) is 0 Å². The van der Waals surface area contributed by atoms with Gasteiger partial charge in [-0.1, -0.05) is 54.6 Å². The van der Waals surface area contributed by atoms with E-state index < -0.39 is 0 Å². The van der Waals surface area contributed by atoms with Gasteiger partial charge in [0, 0.05) is 25.3 Å². The highest BCUT2D eigenvalue weighted by atomic mass is 16.5. The minimum absolute atomic E-state index is 0.0730. The van der Waals surface area contributed by atoms with Gasteiger partial charge in [0.15, 0.2) is 0 Å². The van der Waals surface area contributed by atoms with Gasteiger partial charge in [-0.25, -0.2) is 0 Å². The van der Waals surface area contributed by atoms with E-state index >= 15 is 0 Å². The summed E-state index contributed by atoms with van der Waals surface area (Å²) < 4.78 is 5.31. The van der Waals surface area contributed by atoms with Crippen LogP contribution in [0.5, 0.6) is 0 Å². The summed E-state index contributed by atoms with van der Waals surface area (Å²) in [6.45, 7) is 2.49. The van der Waals surface area contributed by atoms with E-state index in [1.807, 2.05) is 42.5 Å². The lowest BCUT2D eigenvalue weighted by atomic mass is 10.0. The minimum atomic E-state index is -0.356. The zero-order chi connectivity index (χ0) is 23.8. The number of hydrogen-bond donors (Lipinski definition) is 2. The van der Waals surface area contributed by atoms with Gasteiger partial charge in [-0.2, -0.15) is 0 Å². The molecule has 4 rings (SSSR count). The Kier molecular flexibility index (Phi) is 7.67. The van der Waals surface area contributed by atoms with Crippen LogP contribution in [-0.2, 0) is 22.5 Å². The Hall–Kier alpha value is -3.97. The third kappa shape index (κ3) is 6.08. The molecule has 0 unspecified atom stereocenters. The third-order valence-electron chi connectivity index (χ3n) is 5.61. The summed E-state index contributed by atoms with van der Waals surface area (Å²) in [4.78, 5) is 39.8. The number of carbonyl (C=O) groups excluding carboxylic acids is 3. The molecule has 7 nitrogen and oxygen atoms in total. The quantitative estimate of drug-likeness (QED) is 0.570. The molecule has 174 valence electrons. The van der Waals surface area contributed by atoms with Crippen LogP contribution in [0, 0.1) is 0 Å². The van der Waals surface area contributed by atoms with Crippen molar-refractivity contribution >= 4 is 23.4 Å². The normalized spacial score (nSPS) is 13.2. The monoisotopic (exact) mass is 457 g/mol. The third-order valence-corrected chi connectivity index (χ3v) is 5.61. The number of nitrogens with zero attached hydrogens (tertiary/aromatic N) is 1. The maximum absolute atomic E-state index is 12.9. The fourth-order valence-electron chi connectivity index (χ4n) is 3.75. The van der Waals surface area contributed by atoms with Gasteiger partial charge in [0.05, 0.1) is 30.8 Å². The summed E-state index contributed by atoms with van der Waals surface area (Å²) >= 11 is 0. The number of morpholine rings is 1. The number of nitrogens with one attached hydrogen (secondary N) is 2. The molecule has 0 saturated carbocycles. The number of amides is 3. The fraction of sp³-hybridized carbons (Fsp3) is 0.222. The van der Waals surface area contributed by atoms with Crippen molar-refractivity contribution in [1.82, 2.24) is 10.2 Å². The van der Waals surface area contributed by atoms with Gasteiger partial charge >= 0.3 is 0 Å². The lowest BCUT2D eigenvalue weighted by Crippen LogP contribution is -2.41. The van der Waals surface area contributed by atoms with Crippen molar-refractivity contribution in [3.63, 3.8) is 0 Å². The number of anilines is 1. The van der Waals surface area contributed by atoms with Crippen molar-refractivity contribution in [2.45, 2.75) is 13.0 Å². The van der Waals surface area contributed by atoms with E-state index in [0.29, 0.717) is 49.7 Å². The molecule has 0 atom stereocenters. The molecule has 1 aliphatic heterocycles. The molecule has 2 N–H and O–H groups in total. The van der Waals surface area contributed by atoms with Gasteiger partial charge in [-0.3, -0.25) is 14.4 Å². The Morgan fingerprint density at radius 2 is 1.41 bits per heavy atom. The number of ether oxygens (including phenoxy) is 1. The number of carbonyl (C=O) groups is 3. The van der Waals surface area contributed by atoms with Crippen molar-refractivity contribution in [2.75, 3.05) is 31.6 Å². The van der Waals surface area contributed by atoms with Crippen LogP contribution in [0.2, 0.25) is 0 Å². The molecule has 0 radical (unpaired) electrons. The lowest BCUT2D eigenvalue weighted by Gasteiger charge is -2.27. The molecule has 0 aromatic heterocycles. The fourth-order valence-corrected chi connectivity index (χ4v) is 3.75. The first-order chi connectivity index (χ1) is 16.6. The van der Waals surface area contributed by atoms with E-state index in [-0.39, 0.29) is 24.1 Å². The molecule has 1 saturated heterocycles. The Balaban J connectivity index is 1.35. The van der Waals surface area contributed by atoms with Crippen molar-refractivity contribution in [3.8, 4) is 0 Å². The molecular weight excluding hydrogens is 430 g/mol. The van der Waals surface area contributed by atoms with Crippen LogP contribution in [0.15, 0.2) is 78.9 Å². The van der Waals surface area contributed by atoms with Gasteiger partial charge in [-0.15, -0.1) is 0 Å². The second-order valence-electron chi connectivity index (χ2n) is 8.04. The number of hydrogen-bond acceptors (Lipinski definition) is 4. The summed E-state index contributed by atoms with van der Waals surface area (Å²) in [6.07, 6.45) is 0.248. The SMILES string of the molecule is O=C(Cc1ccc(NC(=O)c2ccccc2C(=O)N2CCOCC2)cc1)NCc1ccccc1. The maximum atomic E-state index is 12.9. The van der Waals surface area contributed by atoms with Crippen LogP contribution >= 0.6 is 0 Å². The molecule has 7 heteroatoms. The molecular formula is C27H27N3O4. The number of benzene rings is 3. The van der Waals surface area contributed by atoms with Gasteiger partial charge in [0.1, 0.15) is 0 Å². The van der Waals surface area contributed by atoms with Crippen molar-refractivity contribution in [3.05, 3.63) is 101 Å². The second kappa shape index (κ2) is 11.2. The Morgan fingerprint density at radius 1 is 0.765 bits per heavy atom. The summed E-state index contributed by atoms with van der Waals surface area (Å²) in [5.41, 5.74) is 3.16. The van der Waals surface area contributed by atoms with E-state index in [0.717, 1.165) is 11.1 Å². The first-order valence-corrected chi connectivity index (χ1v) is 11.3. The predicted molar refractivity (Wildman–Crippen MR) is 130 cm³/mol. The molecule has 3 amide bonds. The zero-order valence-electron chi connectivity index (χ0n) is 18.8. The molecule has 0 bridgehead atoms. The minimum Gasteiger partial charge on any atom is -0.378 e. The van der Waals surface area contributed by atoms with Crippen LogP contribution in [0.25, 0.3) is 0 Å². The van der Waals surface area contributed by atoms with Gasteiger partial charge in [-0.05, 0) is 35.4 Å². The van der Waals surface area contributed by atoms with Crippen molar-refractivity contribution in [2.24, 2.45) is 0 Å². The van der Waals surface area contributed by atoms with Gasteiger partial charge < -0.3 is 20.3 Å². The summed E-state index contributed by atoms with van der Waals surface area (Å²) in [5, 5.41) is 5.76. The molecule has 0 spiro atoms. The Labute approximate surface area is 198 Å². The maximum Gasteiger partial charge on any atom is 0.256 e. The van der Waals surface area contributed by atoms with E-state index in [2.05, 4.69) is 10.6 Å². The van der Waals surface area contributed by atoms with Crippen LogP contribution < -0.4 is 10.6 Å². The smallest absolute Gasteiger partial charge is 0.256 e. The average Bonchev–Trinajstić information content (AvgIpc) is 2.89. The van der Waals surface area contributed by atoms with Crippen LogP contribution in [0.1, 0.15) is 31.8 Å². The number of rotatable bonds is 7. The predicted octanol–water partition coefficient (Wildman–Crippen LogP) is 3.27. The zero-order valence-corrected chi connectivity index (χ0v) is 18.8. The van der Waals surface area contributed by atoms with Crippen molar-refractivity contribution < 1.29 is 19.1 Å². The van der Waals surface area contributed by atoms with E-state index in [1.54, 1.807) is 41.3 Å². The molecule has 1 fully saturated rings. The lowest BCUT2D eigenvalue weighted by molar-refractivity contribution is -0.120. The Morgan fingerprint density at radius 3 is 2.12 bits per heavy atom. The van der Waals surface area contributed by atoms with Gasteiger partial charge in [0.25, 0.3) is 11.8 Å². The van der Waals surface area contributed by atoms with Gasteiger partial charge in [0.2, 0.25) is 5.91 Å². The standard InChI is InChI=1S/C27H27N3O4/c31-25(28-19-21-6-2-1-3-7-21)18-20-10-12-22(13-11-20)29-26(32)23-8-4-5-9-24(23)27(33)30-14-16-34-17-15-30/h1-13H,14-19H2,(H,28,31)(H,29,32). The first-order valence-electron chi connectivity index (χ1n) is 11.3. The summed E-state index contributed by atoms with van der Waals surface area (Å²) in [7, 11) is 0. The van der Waals surface area contributed by atoms with E-state index in [4.69, 9.17) is 4.74 Å². The first kappa shape index (κ1) is 23.2. The highest BCUT2D eigenvalue weighted by Gasteiger charge is 2.23.